The van der Waals surface area contributed by atoms with Gasteiger partial charge in [0.15, 0.2) is 0 Å². The SMILES string of the molecule is Cc1cc(C)cc(CSCC(=O)NCCCN(C)C)c1. The fourth-order valence-electron chi connectivity index (χ4n) is 2.09. The molecule has 0 spiro atoms. The van der Waals surface area contributed by atoms with E-state index in [1.54, 1.807) is 11.8 Å². The second-order valence-corrected chi connectivity index (χ2v) is 6.48. The molecule has 0 unspecified atom stereocenters. The van der Waals surface area contributed by atoms with E-state index in [0.717, 1.165) is 25.3 Å². The summed E-state index contributed by atoms with van der Waals surface area (Å²) in [6.45, 7) is 5.99. The first-order valence-corrected chi connectivity index (χ1v) is 8.19. The van der Waals surface area contributed by atoms with Crippen LogP contribution in [-0.2, 0) is 10.5 Å². The molecule has 0 heterocycles. The van der Waals surface area contributed by atoms with Crippen LogP contribution in [0.5, 0.6) is 0 Å². The normalized spacial score (nSPS) is 10.8. The summed E-state index contributed by atoms with van der Waals surface area (Å²) in [5, 5.41) is 2.96. The Hall–Kier alpha value is -1.00. The minimum Gasteiger partial charge on any atom is -0.355 e. The Kier molecular flexibility index (Phi) is 7.70. The van der Waals surface area contributed by atoms with Crippen molar-refractivity contribution in [1.29, 1.82) is 0 Å². The Morgan fingerprint density at radius 3 is 2.45 bits per heavy atom. The maximum atomic E-state index is 11.7. The van der Waals surface area contributed by atoms with Crippen LogP contribution in [0.4, 0.5) is 0 Å². The molecular weight excluding hydrogens is 268 g/mol. The van der Waals surface area contributed by atoms with E-state index in [0.29, 0.717) is 5.75 Å². The zero-order chi connectivity index (χ0) is 15.0. The maximum Gasteiger partial charge on any atom is 0.230 e. The van der Waals surface area contributed by atoms with Gasteiger partial charge < -0.3 is 10.2 Å². The number of aryl methyl sites for hydroxylation is 2. The number of benzene rings is 1. The number of thioether (sulfide) groups is 1. The van der Waals surface area contributed by atoms with E-state index in [1.165, 1.54) is 16.7 Å². The summed E-state index contributed by atoms with van der Waals surface area (Å²) < 4.78 is 0. The molecule has 20 heavy (non-hydrogen) atoms. The Balaban J connectivity index is 2.18. The van der Waals surface area contributed by atoms with Gasteiger partial charge in [-0.25, -0.2) is 0 Å². The van der Waals surface area contributed by atoms with Crippen molar-refractivity contribution in [2.45, 2.75) is 26.0 Å². The third kappa shape index (κ3) is 7.56. The van der Waals surface area contributed by atoms with Gasteiger partial charge in [-0.15, -0.1) is 11.8 Å². The van der Waals surface area contributed by atoms with Gasteiger partial charge in [0.25, 0.3) is 0 Å². The minimum atomic E-state index is 0.137. The summed E-state index contributed by atoms with van der Waals surface area (Å²) in [5.41, 5.74) is 3.87. The molecule has 0 aliphatic rings. The average molecular weight is 294 g/mol. The van der Waals surface area contributed by atoms with Crippen LogP contribution in [0.2, 0.25) is 0 Å². The highest BCUT2D eigenvalue weighted by molar-refractivity contribution is 7.99. The Morgan fingerprint density at radius 1 is 1.20 bits per heavy atom. The van der Waals surface area contributed by atoms with Crippen LogP contribution in [-0.4, -0.2) is 43.7 Å². The molecule has 1 amide bonds. The molecule has 1 aromatic rings. The lowest BCUT2D eigenvalue weighted by molar-refractivity contribution is -0.118. The summed E-state index contributed by atoms with van der Waals surface area (Å²) in [4.78, 5) is 13.8. The lowest BCUT2D eigenvalue weighted by atomic mass is 10.1. The molecule has 1 N–H and O–H groups in total. The first-order valence-electron chi connectivity index (χ1n) is 7.03. The van der Waals surface area contributed by atoms with Crippen molar-refractivity contribution >= 4 is 17.7 Å². The fourth-order valence-corrected chi connectivity index (χ4v) is 2.88. The standard InChI is InChI=1S/C16H26N2OS/c1-13-8-14(2)10-15(9-13)11-20-12-16(19)17-6-5-7-18(3)4/h8-10H,5-7,11-12H2,1-4H3,(H,17,19). The smallest absolute Gasteiger partial charge is 0.230 e. The van der Waals surface area contributed by atoms with Crippen LogP contribution >= 0.6 is 11.8 Å². The largest absolute Gasteiger partial charge is 0.355 e. The molecule has 0 bridgehead atoms. The number of nitrogens with one attached hydrogen (secondary N) is 1. The predicted octanol–water partition coefficient (Wildman–Crippen LogP) is 2.60. The predicted molar refractivity (Wildman–Crippen MR) is 88.3 cm³/mol. The molecule has 1 rings (SSSR count). The fraction of sp³-hybridized carbons (Fsp3) is 0.562. The quantitative estimate of drug-likeness (QED) is 0.748. The van der Waals surface area contributed by atoms with E-state index in [-0.39, 0.29) is 5.91 Å². The summed E-state index contributed by atoms with van der Waals surface area (Å²) in [7, 11) is 4.09. The number of carbonyl (C=O) groups excluding carboxylic acids is 1. The second kappa shape index (κ2) is 9.03. The van der Waals surface area contributed by atoms with Crippen molar-refractivity contribution in [3.05, 3.63) is 34.9 Å². The number of rotatable bonds is 8. The molecule has 112 valence electrons. The van der Waals surface area contributed by atoms with Gasteiger partial charge in [0.1, 0.15) is 0 Å². The molecular formula is C16H26N2OS. The molecule has 0 aliphatic heterocycles. The van der Waals surface area contributed by atoms with Gasteiger partial charge in [-0.1, -0.05) is 29.3 Å². The highest BCUT2D eigenvalue weighted by Gasteiger charge is 2.02. The number of hydrogen-bond acceptors (Lipinski definition) is 3. The molecule has 0 saturated carbocycles. The third-order valence-electron chi connectivity index (χ3n) is 2.89. The van der Waals surface area contributed by atoms with Gasteiger partial charge in [0.2, 0.25) is 5.91 Å². The van der Waals surface area contributed by atoms with Crippen molar-refractivity contribution in [2.24, 2.45) is 0 Å². The Morgan fingerprint density at radius 2 is 1.85 bits per heavy atom. The number of hydrogen-bond donors (Lipinski definition) is 1. The Labute approximate surface area is 127 Å². The third-order valence-corrected chi connectivity index (χ3v) is 3.89. The molecule has 0 atom stereocenters. The van der Waals surface area contributed by atoms with Crippen molar-refractivity contribution < 1.29 is 4.79 Å². The van der Waals surface area contributed by atoms with E-state index in [4.69, 9.17) is 0 Å². The van der Waals surface area contributed by atoms with Crippen LogP contribution in [0, 0.1) is 13.8 Å². The van der Waals surface area contributed by atoms with Crippen molar-refractivity contribution in [2.75, 3.05) is 32.9 Å². The van der Waals surface area contributed by atoms with Gasteiger partial charge in [-0.2, -0.15) is 0 Å². The van der Waals surface area contributed by atoms with Crippen LogP contribution in [0.25, 0.3) is 0 Å². The van der Waals surface area contributed by atoms with E-state index >= 15 is 0 Å². The van der Waals surface area contributed by atoms with Crippen molar-refractivity contribution in [3.63, 3.8) is 0 Å². The zero-order valence-electron chi connectivity index (χ0n) is 13.0. The van der Waals surface area contributed by atoms with Crippen LogP contribution in [0.15, 0.2) is 18.2 Å². The summed E-state index contributed by atoms with van der Waals surface area (Å²) in [6.07, 6.45) is 1.00. The lowest BCUT2D eigenvalue weighted by Crippen LogP contribution is -2.28. The van der Waals surface area contributed by atoms with Crippen LogP contribution < -0.4 is 5.32 Å². The molecule has 3 nitrogen and oxygen atoms in total. The average Bonchev–Trinajstić information content (AvgIpc) is 2.33. The summed E-state index contributed by atoms with van der Waals surface area (Å²) >= 11 is 1.67. The monoisotopic (exact) mass is 294 g/mol. The first kappa shape index (κ1) is 17.1. The Bertz CT molecular complexity index is 412. The van der Waals surface area contributed by atoms with Gasteiger partial charge >= 0.3 is 0 Å². The van der Waals surface area contributed by atoms with E-state index in [2.05, 4.69) is 42.3 Å². The van der Waals surface area contributed by atoms with E-state index in [9.17, 15) is 4.79 Å². The molecule has 0 radical (unpaired) electrons. The van der Waals surface area contributed by atoms with Crippen molar-refractivity contribution in [1.82, 2.24) is 10.2 Å². The summed E-state index contributed by atoms with van der Waals surface area (Å²) in [5.74, 6) is 1.57. The van der Waals surface area contributed by atoms with Gasteiger partial charge in [-0.05, 0) is 46.5 Å². The highest BCUT2D eigenvalue weighted by atomic mass is 32.2. The molecule has 0 aliphatic carbocycles. The topological polar surface area (TPSA) is 32.3 Å². The molecule has 0 saturated heterocycles. The van der Waals surface area contributed by atoms with Crippen LogP contribution in [0.3, 0.4) is 0 Å². The second-order valence-electron chi connectivity index (χ2n) is 5.50. The van der Waals surface area contributed by atoms with Crippen molar-refractivity contribution in [3.8, 4) is 0 Å². The maximum absolute atomic E-state index is 11.7. The van der Waals surface area contributed by atoms with Crippen LogP contribution in [0.1, 0.15) is 23.1 Å². The van der Waals surface area contributed by atoms with Gasteiger partial charge in [0.05, 0.1) is 5.75 Å². The summed E-state index contributed by atoms with van der Waals surface area (Å²) in [6, 6.07) is 6.55. The van der Waals surface area contributed by atoms with E-state index in [1.807, 2.05) is 14.1 Å². The van der Waals surface area contributed by atoms with Gasteiger partial charge in [0, 0.05) is 12.3 Å². The van der Waals surface area contributed by atoms with E-state index < -0.39 is 0 Å². The number of nitrogens with zero attached hydrogens (tertiary/aromatic N) is 1. The first-order chi connectivity index (χ1) is 9.47. The lowest BCUT2D eigenvalue weighted by Gasteiger charge is -2.10. The zero-order valence-corrected chi connectivity index (χ0v) is 13.8. The highest BCUT2D eigenvalue weighted by Crippen LogP contribution is 2.15. The molecule has 0 aromatic heterocycles. The van der Waals surface area contributed by atoms with Gasteiger partial charge in [-0.3, -0.25) is 4.79 Å². The molecule has 4 heteroatoms. The molecule has 0 fully saturated rings. The number of amides is 1. The minimum absolute atomic E-state index is 0.137. The molecule has 1 aromatic carbocycles. The number of carbonyl (C=O) groups is 1.